The molecule has 2 aromatic carbocycles. The Morgan fingerprint density at radius 3 is 2.87 bits per heavy atom. The van der Waals surface area contributed by atoms with Gasteiger partial charge in [0.25, 0.3) is 0 Å². The molecule has 0 amide bonds. The molecule has 2 aliphatic rings. The zero-order chi connectivity index (χ0) is 16.1. The lowest BCUT2D eigenvalue weighted by atomic mass is 9.76. The van der Waals surface area contributed by atoms with E-state index in [1.165, 1.54) is 5.56 Å². The van der Waals surface area contributed by atoms with Gasteiger partial charge in [-0.3, -0.25) is 0 Å². The van der Waals surface area contributed by atoms with E-state index in [0.717, 1.165) is 32.7 Å². The molecule has 3 unspecified atom stereocenters. The third kappa shape index (κ3) is 2.38. The topological polar surface area (TPSA) is 32.3 Å². The van der Waals surface area contributed by atoms with E-state index in [0.29, 0.717) is 17.6 Å². The molecule has 0 saturated carbocycles. The van der Waals surface area contributed by atoms with Gasteiger partial charge in [0.2, 0.25) is 0 Å². The summed E-state index contributed by atoms with van der Waals surface area (Å²) in [5.41, 5.74) is 4.41. The van der Waals surface area contributed by atoms with Crippen LogP contribution in [0.5, 0.6) is 5.75 Å². The minimum absolute atomic E-state index is 0.0668. The highest BCUT2D eigenvalue weighted by molar-refractivity contribution is 9.10. The molecular formula is C19H17BrClNO. The molecule has 0 fully saturated rings. The first-order valence-electron chi connectivity index (χ1n) is 7.77. The number of fused-ring (bicyclic) bond motifs is 3. The van der Waals surface area contributed by atoms with Gasteiger partial charge in [0.1, 0.15) is 5.75 Å². The second-order valence-electron chi connectivity index (χ2n) is 6.32. The number of aromatic hydroxyl groups is 1. The summed E-state index contributed by atoms with van der Waals surface area (Å²) < 4.78 is 0.975. The number of phenolic OH excluding ortho intramolecular Hbond substituents is 1. The highest BCUT2D eigenvalue weighted by Crippen LogP contribution is 2.52. The maximum absolute atomic E-state index is 10.4. The van der Waals surface area contributed by atoms with Crippen LogP contribution in [0.1, 0.15) is 35.1 Å². The Labute approximate surface area is 149 Å². The standard InChI is InChI=1S/C19H17BrClNO/c1-10-16(21)7-6-14-12-3-2-4-13(12)19(22-18(10)14)15-9-11(20)5-8-17(15)23/h2-3,5-9,12-13,19,22-23H,4H2,1H3. The average molecular weight is 391 g/mol. The minimum Gasteiger partial charge on any atom is -0.508 e. The number of anilines is 1. The van der Waals surface area contributed by atoms with E-state index in [-0.39, 0.29) is 6.04 Å². The largest absolute Gasteiger partial charge is 0.508 e. The van der Waals surface area contributed by atoms with Crippen molar-refractivity contribution in [2.24, 2.45) is 5.92 Å². The number of rotatable bonds is 1. The van der Waals surface area contributed by atoms with Crippen LogP contribution in [0.25, 0.3) is 0 Å². The van der Waals surface area contributed by atoms with Crippen LogP contribution in [-0.4, -0.2) is 5.11 Å². The predicted octanol–water partition coefficient (Wildman–Crippen LogP) is 5.94. The molecule has 4 rings (SSSR count). The van der Waals surface area contributed by atoms with Crippen molar-refractivity contribution in [3.63, 3.8) is 0 Å². The molecular weight excluding hydrogens is 374 g/mol. The molecule has 1 heterocycles. The normalized spacial score (nSPS) is 24.9. The fraction of sp³-hybridized carbons (Fsp3) is 0.263. The Balaban J connectivity index is 1.87. The molecule has 0 bridgehead atoms. The van der Waals surface area contributed by atoms with Crippen LogP contribution in [0, 0.1) is 12.8 Å². The Bertz CT molecular complexity index is 817. The summed E-state index contributed by atoms with van der Waals surface area (Å²) >= 11 is 9.84. The Kier molecular flexibility index (Phi) is 3.66. The lowest BCUT2D eigenvalue weighted by molar-refractivity contribution is 0.402. The van der Waals surface area contributed by atoms with Crippen molar-refractivity contribution in [2.45, 2.75) is 25.3 Å². The maximum atomic E-state index is 10.4. The first-order valence-corrected chi connectivity index (χ1v) is 8.94. The number of benzene rings is 2. The molecule has 0 aromatic heterocycles. The summed E-state index contributed by atoms with van der Waals surface area (Å²) in [7, 11) is 0. The summed E-state index contributed by atoms with van der Waals surface area (Å²) in [6.45, 7) is 2.05. The highest BCUT2D eigenvalue weighted by Gasteiger charge is 2.39. The van der Waals surface area contributed by atoms with E-state index in [1.807, 2.05) is 25.1 Å². The molecule has 2 nitrogen and oxygen atoms in total. The van der Waals surface area contributed by atoms with Crippen molar-refractivity contribution in [3.8, 4) is 5.75 Å². The van der Waals surface area contributed by atoms with E-state index in [1.54, 1.807) is 6.07 Å². The predicted molar refractivity (Wildman–Crippen MR) is 98.3 cm³/mol. The fourth-order valence-electron chi connectivity index (χ4n) is 3.87. The van der Waals surface area contributed by atoms with E-state index >= 15 is 0 Å². The van der Waals surface area contributed by atoms with Crippen molar-refractivity contribution < 1.29 is 5.11 Å². The monoisotopic (exact) mass is 389 g/mol. The molecule has 23 heavy (non-hydrogen) atoms. The van der Waals surface area contributed by atoms with Gasteiger partial charge >= 0.3 is 0 Å². The molecule has 1 aliphatic carbocycles. The first kappa shape index (κ1) is 15.1. The maximum Gasteiger partial charge on any atom is 0.120 e. The number of allylic oxidation sites excluding steroid dienone is 2. The molecule has 1 aliphatic heterocycles. The molecule has 118 valence electrons. The summed E-state index contributed by atoms with van der Waals surface area (Å²) in [4.78, 5) is 0. The summed E-state index contributed by atoms with van der Waals surface area (Å²) in [6, 6.07) is 9.80. The Morgan fingerprint density at radius 2 is 2.04 bits per heavy atom. The molecule has 4 heteroatoms. The molecule has 0 saturated heterocycles. The number of hydrogen-bond donors (Lipinski definition) is 2. The molecule has 2 N–H and O–H groups in total. The number of halogens is 2. The number of hydrogen-bond acceptors (Lipinski definition) is 2. The van der Waals surface area contributed by atoms with Crippen LogP contribution in [0.15, 0.2) is 47.0 Å². The van der Waals surface area contributed by atoms with Crippen LogP contribution < -0.4 is 5.32 Å². The number of phenols is 1. The van der Waals surface area contributed by atoms with Crippen molar-refractivity contribution in [1.29, 1.82) is 0 Å². The van der Waals surface area contributed by atoms with Gasteiger partial charge in [-0.15, -0.1) is 0 Å². The van der Waals surface area contributed by atoms with Gasteiger partial charge in [-0.05, 0) is 54.7 Å². The lowest BCUT2D eigenvalue weighted by Crippen LogP contribution is -2.29. The summed E-state index contributed by atoms with van der Waals surface area (Å²) in [5, 5.41) is 14.8. The van der Waals surface area contributed by atoms with Crippen LogP contribution >= 0.6 is 27.5 Å². The quantitative estimate of drug-likeness (QED) is 0.590. The van der Waals surface area contributed by atoms with Gasteiger partial charge in [0.15, 0.2) is 0 Å². The van der Waals surface area contributed by atoms with E-state index in [4.69, 9.17) is 11.6 Å². The third-order valence-electron chi connectivity index (χ3n) is 5.06. The zero-order valence-corrected chi connectivity index (χ0v) is 15.0. The van der Waals surface area contributed by atoms with Crippen LogP contribution in [-0.2, 0) is 0 Å². The van der Waals surface area contributed by atoms with Gasteiger partial charge in [-0.1, -0.05) is 45.7 Å². The highest BCUT2D eigenvalue weighted by atomic mass is 79.9. The van der Waals surface area contributed by atoms with Gasteiger partial charge in [-0.2, -0.15) is 0 Å². The van der Waals surface area contributed by atoms with E-state index in [9.17, 15) is 5.11 Å². The Hall–Kier alpha value is -1.45. The van der Waals surface area contributed by atoms with Crippen molar-refractivity contribution in [2.75, 3.05) is 5.32 Å². The minimum atomic E-state index is 0.0668. The van der Waals surface area contributed by atoms with Crippen molar-refractivity contribution in [3.05, 3.63) is 68.7 Å². The van der Waals surface area contributed by atoms with Gasteiger partial charge in [0.05, 0.1) is 6.04 Å². The SMILES string of the molecule is Cc1c(Cl)ccc2c1NC(c1cc(Br)ccc1O)C1CC=CC21. The zero-order valence-electron chi connectivity index (χ0n) is 12.7. The first-order chi connectivity index (χ1) is 11.1. The van der Waals surface area contributed by atoms with Crippen LogP contribution in [0.4, 0.5) is 5.69 Å². The molecule has 0 radical (unpaired) electrons. The summed E-state index contributed by atoms with van der Waals surface area (Å²) in [6.07, 6.45) is 5.55. The molecule has 2 aromatic rings. The molecule has 3 atom stereocenters. The number of nitrogens with one attached hydrogen (secondary N) is 1. The smallest absolute Gasteiger partial charge is 0.120 e. The third-order valence-corrected chi connectivity index (χ3v) is 5.96. The van der Waals surface area contributed by atoms with Crippen molar-refractivity contribution in [1.82, 2.24) is 0 Å². The second kappa shape index (κ2) is 5.57. The van der Waals surface area contributed by atoms with Crippen LogP contribution in [0.2, 0.25) is 5.02 Å². The van der Waals surface area contributed by atoms with E-state index in [2.05, 4.69) is 39.5 Å². The van der Waals surface area contributed by atoms with E-state index < -0.39 is 0 Å². The second-order valence-corrected chi connectivity index (χ2v) is 7.64. The lowest BCUT2D eigenvalue weighted by Gasteiger charge is -2.38. The average Bonchev–Trinajstić information content (AvgIpc) is 3.02. The van der Waals surface area contributed by atoms with Gasteiger partial charge in [0, 0.05) is 26.7 Å². The summed E-state index contributed by atoms with van der Waals surface area (Å²) in [5.74, 6) is 1.10. The Morgan fingerprint density at radius 1 is 1.22 bits per heavy atom. The van der Waals surface area contributed by atoms with Crippen LogP contribution in [0.3, 0.4) is 0 Å². The van der Waals surface area contributed by atoms with Gasteiger partial charge < -0.3 is 10.4 Å². The fourth-order valence-corrected chi connectivity index (χ4v) is 4.41. The molecule has 0 spiro atoms. The van der Waals surface area contributed by atoms with Crippen molar-refractivity contribution >= 4 is 33.2 Å². The van der Waals surface area contributed by atoms with Gasteiger partial charge in [-0.25, -0.2) is 0 Å².